The summed E-state index contributed by atoms with van der Waals surface area (Å²) in [5.41, 5.74) is 1.64. The maximum absolute atomic E-state index is 11.6. The number of hydrogen-bond donors (Lipinski definition) is 0. The fourth-order valence-corrected chi connectivity index (χ4v) is 1.68. The Balaban J connectivity index is 2.51. The standard InChI is InChI=1S/C13H12O3/c1-2-3-6-10-9-7-4-5-8-11(9)13(15)16-12(10)14/h4-8H,2-3H2,1H3/b10-6-. The van der Waals surface area contributed by atoms with Crippen LogP contribution >= 0.6 is 0 Å². The van der Waals surface area contributed by atoms with Gasteiger partial charge in [0.2, 0.25) is 0 Å². The lowest BCUT2D eigenvalue weighted by Crippen LogP contribution is -2.21. The number of cyclic esters (lactones) is 2. The van der Waals surface area contributed by atoms with E-state index in [1.54, 1.807) is 18.2 Å². The largest absolute Gasteiger partial charge is 0.386 e. The van der Waals surface area contributed by atoms with E-state index >= 15 is 0 Å². The molecule has 1 heterocycles. The third-order valence-electron chi connectivity index (χ3n) is 2.48. The van der Waals surface area contributed by atoms with E-state index in [1.165, 1.54) is 0 Å². The molecular weight excluding hydrogens is 204 g/mol. The lowest BCUT2D eigenvalue weighted by atomic mass is 9.96. The monoisotopic (exact) mass is 216 g/mol. The summed E-state index contributed by atoms with van der Waals surface area (Å²) in [5, 5.41) is 0. The molecule has 0 spiro atoms. The number of rotatable bonds is 2. The van der Waals surface area contributed by atoms with Crippen molar-refractivity contribution in [3.63, 3.8) is 0 Å². The van der Waals surface area contributed by atoms with Gasteiger partial charge in [-0.3, -0.25) is 0 Å². The van der Waals surface area contributed by atoms with Crippen LogP contribution in [0.25, 0.3) is 5.57 Å². The maximum atomic E-state index is 11.6. The van der Waals surface area contributed by atoms with Crippen LogP contribution in [0.3, 0.4) is 0 Å². The van der Waals surface area contributed by atoms with Crippen molar-refractivity contribution in [3.8, 4) is 0 Å². The zero-order valence-corrected chi connectivity index (χ0v) is 9.03. The minimum absolute atomic E-state index is 0.462. The van der Waals surface area contributed by atoms with Crippen LogP contribution in [0.2, 0.25) is 0 Å². The Morgan fingerprint density at radius 2 is 1.81 bits per heavy atom. The summed E-state index contributed by atoms with van der Waals surface area (Å²) < 4.78 is 4.68. The van der Waals surface area contributed by atoms with E-state index in [2.05, 4.69) is 4.74 Å². The fraction of sp³-hybridized carbons (Fsp3) is 0.231. The first kappa shape index (κ1) is 10.6. The molecule has 1 aliphatic heterocycles. The van der Waals surface area contributed by atoms with Crippen molar-refractivity contribution in [3.05, 3.63) is 41.5 Å². The van der Waals surface area contributed by atoms with E-state index in [0.29, 0.717) is 16.7 Å². The number of carbonyl (C=O) groups is 2. The Hall–Kier alpha value is -1.90. The van der Waals surface area contributed by atoms with E-state index in [-0.39, 0.29) is 0 Å². The summed E-state index contributed by atoms with van der Waals surface area (Å²) in [6.07, 6.45) is 3.58. The molecule has 0 radical (unpaired) electrons. The molecule has 3 heteroatoms. The Kier molecular flexibility index (Phi) is 2.86. The van der Waals surface area contributed by atoms with Crippen molar-refractivity contribution in [2.45, 2.75) is 19.8 Å². The number of allylic oxidation sites excluding steroid dienone is 1. The van der Waals surface area contributed by atoms with Crippen LogP contribution in [0.4, 0.5) is 0 Å². The molecule has 0 fully saturated rings. The molecule has 0 saturated heterocycles. The van der Waals surface area contributed by atoms with E-state index in [1.807, 2.05) is 19.1 Å². The predicted octanol–water partition coefficient (Wildman–Crippen LogP) is 2.57. The quantitative estimate of drug-likeness (QED) is 0.433. The van der Waals surface area contributed by atoms with Crippen LogP contribution in [0.15, 0.2) is 30.3 Å². The summed E-state index contributed by atoms with van der Waals surface area (Å²) in [6, 6.07) is 7.01. The van der Waals surface area contributed by atoms with Crippen molar-refractivity contribution in [1.82, 2.24) is 0 Å². The molecule has 16 heavy (non-hydrogen) atoms. The van der Waals surface area contributed by atoms with Gasteiger partial charge in [-0.25, -0.2) is 9.59 Å². The molecule has 0 N–H and O–H groups in total. The molecule has 3 nitrogen and oxygen atoms in total. The van der Waals surface area contributed by atoms with Crippen molar-refractivity contribution >= 4 is 17.5 Å². The molecule has 0 saturated carbocycles. The van der Waals surface area contributed by atoms with Crippen molar-refractivity contribution < 1.29 is 14.3 Å². The molecule has 0 amide bonds. The van der Waals surface area contributed by atoms with Crippen LogP contribution in [0.1, 0.15) is 35.7 Å². The number of fused-ring (bicyclic) bond motifs is 1. The first-order chi connectivity index (χ1) is 7.74. The predicted molar refractivity (Wildman–Crippen MR) is 59.7 cm³/mol. The number of unbranched alkanes of at least 4 members (excludes halogenated alkanes) is 1. The third-order valence-corrected chi connectivity index (χ3v) is 2.48. The summed E-state index contributed by atoms with van der Waals surface area (Å²) in [7, 11) is 0. The van der Waals surface area contributed by atoms with Gasteiger partial charge in [-0.1, -0.05) is 37.6 Å². The lowest BCUT2D eigenvalue weighted by molar-refractivity contribution is -0.131. The summed E-state index contributed by atoms with van der Waals surface area (Å²) >= 11 is 0. The highest BCUT2D eigenvalue weighted by molar-refractivity contribution is 6.25. The highest BCUT2D eigenvalue weighted by Crippen LogP contribution is 2.27. The Labute approximate surface area is 93.7 Å². The average molecular weight is 216 g/mol. The Bertz CT molecular complexity index is 472. The topological polar surface area (TPSA) is 43.4 Å². The molecule has 2 rings (SSSR count). The third kappa shape index (κ3) is 1.76. The van der Waals surface area contributed by atoms with Gasteiger partial charge < -0.3 is 4.74 Å². The number of ether oxygens (including phenoxy) is 1. The lowest BCUT2D eigenvalue weighted by Gasteiger charge is -2.16. The van der Waals surface area contributed by atoms with Crippen molar-refractivity contribution in [2.24, 2.45) is 0 Å². The van der Waals surface area contributed by atoms with Gasteiger partial charge in [0.15, 0.2) is 0 Å². The molecule has 0 atom stereocenters. The highest BCUT2D eigenvalue weighted by Gasteiger charge is 2.28. The van der Waals surface area contributed by atoms with Gasteiger partial charge in [0.1, 0.15) is 0 Å². The van der Waals surface area contributed by atoms with Gasteiger partial charge in [-0.2, -0.15) is 0 Å². The molecule has 1 aromatic rings. The highest BCUT2D eigenvalue weighted by atomic mass is 16.6. The molecule has 0 unspecified atom stereocenters. The van der Waals surface area contributed by atoms with Gasteiger partial charge >= 0.3 is 11.9 Å². The van der Waals surface area contributed by atoms with E-state index in [0.717, 1.165) is 12.8 Å². The van der Waals surface area contributed by atoms with Gasteiger partial charge in [0.05, 0.1) is 11.1 Å². The minimum Gasteiger partial charge on any atom is -0.386 e. The smallest absolute Gasteiger partial charge is 0.346 e. The van der Waals surface area contributed by atoms with Crippen LogP contribution in [-0.4, -0.2) is 11.9 Å². The van der Waals surface area contributed by atoms with Crippen LogP contribution in [0.5, 0.6) is 0 Å². The Morgan fingerprint density at radius 1 is 1.12 bits per heavy atom. The first-order valence-corrected chi connectivity index (χ1v) is 5.30. The molecule has 0 aliphatic carbocycles. The summed E-state index contributed by atoms with van der Waals surface area (Å²) in [4.78, 5) is 23.0. The van der Waals surface area contributed by atoms with Gasteiger partial charge in [-0.15, -0.1) is 0 Å². The molecule has 0 bridgehead atoms. The molecule has 82 valence electrons. The molecule has 1 aliphatic rings. The van der Waals surface area contributed by atoms with Crippen molar-refractivity contribution in [2.75, 3.05) is 0 Å². The second-order valence-corrected chi connectivity index (χ2v) is 3.63. The molecular formula is C13H12O3. The SMILES string of the molecule is CCC/C=C1\C(=O)OC(=O)c2ccccc21. The Morgan fingerprint density at radius 3 is 2.50 bits per heavy atom. The number of benzene rings is 1. The van der Waals surface area contributed by atoms with Crippen molar-refractivity contribution in [1.29, 1.82) is 0 Å². The first-order valence-electron chi connectivity index (χ1n) is 5.30. The number of esters is 2. The molecule has 0 aromatic heterocycles. The second-order valence-electron chi connectivity index (χ2n) is 3.63. The van der Waals surface area contributed by atoms with E-state index in [9.17, 15) is 9.59 Å². The number of carbonyl (C=O) groups excluding carboxylic acids is 2. The van der Waals surface area contributed by atoms with Gasteiger partial charge in [0.25, 0.3) is 0 Å². The summed E-state index contributed by atoms with van der Waals surface area (Å²) in [6.45, 7) is 2.03. The average Bonchev–Trinajstić information content (AvgIpc) is 2.29. The minimum atomic E-state index is -0.561. The second kappa shape index (κ2) is 4.31. The molecule has 1 aromatic carbocycles. The van der Waals surface area contributed by atoms with Crippen LogP contribution in [-0.2, 0) is 9.53 Å². The number of hydrogen-bond acceptors (Lipinski definition) is 3. The van der Waals surface area contributed by atoms with Crippen LogP contribution in [0, 0.1) is 0 Å². The van der Waals surface area contributed by atoms with Gasteiger partial charge in [0, 0.05) is 5.56 Å². The van der Waals surface area contributed by atoms with Crippen LogP contribution < -0.4 is 0 Å². The maximum Gasteiger partial charge on any atom is 0.346 e. The fourth-order valence-electron chi connectivity index (χ4n) is 1.68. The normalized spacial score (nSPS) is 17.2. The van der Waals surface area contributed by atoms with Gasteiger partial charge in [-0.05, 0) is 12.5 Å². The van der Waals surface area contributed by atoms with E-state index in [4.69, 9.17) is 0 Å². The zero-order chi connectivity index (χ0) is 11.5. The van der Waals surface area contributed by atoms with E-state index < -0.39 is 11.9 Å². The summed E-state index contributed by atoms with van der Waals surface area (Å²) in [5.74, 6) is -1.11. The zero-order valence-electron chi connectivity index (χ0n) is 9.03.